The first-order valence-corrected chi connectivity index (χ1v) is 16.1. The number of H-pyrrole nitrogens is 1. The lowest BCUT2D eigenvalue weighted by atomic mass is 9.81. The van der Waals surface area contributed by atoms with Crippen molar-refractivity contribution in [3.8, 4) is 22.5 Å². The number of ether oxygens (including phenoxy) is 1. The summed E-state index contributed by atoms with van der Waals surface area (Å²) in [6.45, 7) is 4.24. The average molecular weight is 630 g/mol. The van der Waals surface area contributed by atoms with Gasteiger partial charge in [0.05, 0.1) is 19.3 Å². The van der Waals surface area contributed by atoms with Gasteiger partial charge in [-0.05, 0) is 91.6 Å². The van der Waals surface area contributed by atoms with Crippen LogP contribution in [0.2, 0.25) is 5.28 Å². The molecule has 12 heteroatoms. The number of hydrogen-bond donors (Lipinski definition) is 4. The van der Waals surface area contributed by atoms with E-state index in [-0.39, 0.29) is 23.2 Å². The van der Waals surface area contributed by atoms with Crippen LogP contribution >= 0.6 is 11.6 Å². The lowest BCUT2D eigenvalue weighted by Crippen LogP contribution is -2.45. The predicted molar refractivity (Wildman–Crippen MR) is 176 cm³/mol. The monoisotopic (exact) mass is 629 g/mol. The fourth-order valence-electron chi connectivity index (χ4n) is 6.06. The zero-order valence-electron chi connectivity index (χ0n) is 25.3. The first-order chi connectivity index (χ1) is 22.0. The molecule has 1 atom stereocenters. The summed E-state index contributed by atoms with van der Waals surface area (Å²) >= 11 is 5.89. The first-order valence-electron chi connectivity index (χ1n) is 15.7. The number of aromatic amines is 1. The third-order valence-corrected chi connectivity index (χ3v) is 8.89. The number of halogens is 1. The Morgan fingerprint density at radius 1 is 1.02 bits per heavy atom. The number of morpholine rings is 1. The molecular weight excluding hydrogens is 590 g/mol. The molecule has 1 aliphatic carbocycles. The van der Waals surface area contributed by atoms with Gasteiger partial charge in [0.1, 0.15) is 0 Å². The Labute approximate surface area is 268 Å². The van der Waals surface area contributed by atoms with E-state index in [0.29, 0.717) is 44.5 Å². The summed E-state index contributed by atoms with van der Waals surface area (Å²) in [6, 6.07) is 16.1. The molecule has 0 bridgehead atoms. The molecule has 1 saturated heterocycles. The number of nitrogens with zero attached hydrogens (tertiary/aromatic N) is 5. The van der Waals surface area contributed by atoms with Crippen LogP contribution in [-0.4, -0.2) is 76.5 Å². The molecule has 2 aromatic carbocycles. The normalized spacial score (nSPS) is 19.2. The topological polar surface area (TPSA) is 147 Å². The van der Waals surface area contributed by atoms with E-state index in [1.807, 2.05) is 36.7 Å². The van der Waals surface area contributed by atoms with Crippen LogP contribution in [0.1, 0.15) is 31.2 Å². The standard InChI is InChI=1S/C33H40ClN9O2/c34-32-40-30(41-42-32)24-8-10-28(11-9-24)36-21-29(39-31(44)25-6-4-22(18-35)5-7-25)17-23-2-1-3-26(16-23)27-19-37-33(38-20-27)43-12-14-45-15-13-43/h1-3,8-11,16,19-20,22,25,29,36H,4-7,12-15,17-18,21,35H2,(H,39,44)(H,40,41,42). The highest BCUT2D eigenvalue weighted by atomic mass is 35.5. The molecule has 1 amide bonds. The zero-order chi connectivity index (χ0) is 31.0. The summed E-state index contributed by atoms with van der Waals surface area (Å²) < 4.78 is 5.45. The molecule has 2 fully saturated rings. The molecule has 0 spiro atoms. The van der Waals surface area contributed by atoms with Crippen molar-refractivity contribution in [2.24, 2.45) is 17.6 Å². The molecule has 236 valence electrons. The van der Waals surface area contributed by atoms with Crippen molar-refractivity contribution < 1.29 is 9.53 Å². The second kappa shape index (κ2) is 14.8. The Kier molecular flexibility index (Phi) is 10.2. The summed E-state index contributed by atoms with van der Waals surface area (Å²) in [5, 5.41) is 13.9. The molecular formula is C33H40ClN9O2. The highest BCUT2D eigenvalue weighted by Gasteiger charge is 2.27. The predicted octanol–water partition coefficient (Wildman–Crippen LogP) is 4.32. The Balaban J connectivity index is 1.14. The molecule has 0 radical (unpaired) electrons. The van der Waals surface area contributed by atoms with Gasteiger partial charge in [0.2, 0.25) is 17.1 Å². The first kappa shape index (κ1) is 30.9. The van der Waals surface area contributed by atoms with Gasteiger partial charge in [-0.25, -0.2) is 15.1 Å². The molecule has 45 heavy (non-hydrogen) atoms. The molecule has 1 aliphatic heterocycles. The zero-order valence-corrected chi connectivity index (χ0v) is 26.0. The van der Waals surface area contributed by atoms with Crippen molar-refractivity contribution in [3.63, 3.8) is 0 Å². The second-order valence-electron chi connectivity index (χ2n) is 11.8. The maximum Gasteiger partial charge on any atom is 0.225 e. The van der Waals surface area contributed by atoms with Gasteiger partial charge in [0, 0.05) is 54.8 Å². The number of benzene rings is 2. The van der Waals surface area contributed by atoms with E-state index in [2.05, 4.69) is 64.9 Å². The van der Waals surface area contributed by atoms with E-state index in [9.17, 15) is 4.79 Å². The van der Waals surface area contributed by atoms with Crippen LogP contribution in [0.4, 0.5) is 11.6 Å². The molecule has 3 heterocycles. The Bertz CT molecular complexity index is 1530. The lowest BCUT2D eigenvalue weighted by Gasteiger charge is -2.29. The van der Waals surface area contributed by atoms with Crippen LogP contribution in [-0.2, 0) is 16.0 Å². The number of rotatable bonds is 11. The molecule has 6 rings (SSSR count). The number of anilines is 2. The minimum atomic E-state index is -0.119. The van der Waals surface area contributed by atoms with Crippen molar-refractivity contribution in [3.05, 3.63) is 71.8 Å². The summed E-state index contributed by atoms with van der Waals surface area (Å²) in [5.41, 5.74) is 10.8. The largest absolute Gasteiger partial charge is 0.383 e. The van der Waals surface area contributed by atoms with Crippen molar-refractivity contribution >= 4 is 29.1 Å². The SMILES string of the molecule is NCC1CCC(C(=O)NC(CNc2ccc(-c3n[nH]c(Cl)n3)cc2)Cc2cccc(-c3cnc(N4CCOCC4)nc3)c2)CC1. The van der Waals surface area contributed by atoms with Gasteiger partial charge in [-0.2, -0.15) is 10.1 Å². The summed E-state index contributed by atoms with van der Waals surface area (Å²) in [5.74, 6) is 1.94. The maximum absolute atomic E-state index is 13.4. The average Bonchev–Trinajstić information content (AvgIpc) is 3.54. The van der Waals surface area contributed by atoms with Gasteiger partial charge in [-0.15, -0.1) is 0 Å². The van der Waals surface area contributed by atoms with Crippen molar-refractivity contribution in [2.75, 3.05) is 49.6 Å². The number of carbonyl (C=O) groups excluding carboxylic acids is 1. The van der Waals surface area contributed by atoms with E-state index in [4.69, 9.17) is 22.1 Å². The summed E-state index contributed by atoms with van der Waals surface area (Å²) in [6.07, 6.45) is 8.22. The highest BCUT2D eigenvalue weighted by molar-refractivity contribution is 6.28. The van der Waals surface area contributed by atoms with Gasteiger partial charge in [-0.1, -0.05) is 24.3 Å². The quantitative estimate of drug-likeness (QED) is 0.190. The fraction of sp³-hybridized carbons (Fsp3) is 0.424. The fourth-order valence-corrected chi connectivity index (χ4v) is 6.18. The molecule has 5 N–H and O–H groups in total. The Hall–Kier alpha value is -4.06. The van der Waals surface area contributed by atoms with Crippen molar-refractivity contribution in [1.82, 2.24) is 30.5 Å². The Morgan fingerprint density at radius 2 is 1.78 bits per heavy atom. The van der Waals surface area contributed by atoms with Crippen LogP contribution in [0.15, 0.2) is 60.9 Å². The van der Waals surface area contributed by atoms with E-state index in [1.165, 1.54) is 0 Å². The van der Waals surface area contributed by atoms with Crippen LogP contribution in [0.25, 0.3) is 22.5 Å². The molecule has 11 nitrogen and oxygen atoms in total. The van der Waals surface area contributed by atoms with Crippen molar-refractivity contribution in [1.29, 1.82) is 0 Å². The highest BCUT2D eigenvalue weighted by Crippen LogP contribution is 2.29. The lowest BCUT2D eigenvalue weighted by molar-refractivity contribution is -0.126. The van der Waals surface area contributed by atoms with E-state index < -0.39 is 0 Å². The maximum atomic E-state index is 13.4. The van der Waals surface area contributed by atoms with Gasteiger partial charge < -0.3 is 26.0 Å². The molecule has 2 aromatic heterocycles. The number of carbonyl (C=O) groups is 1. The van der Waals surface area contributed by atoms with E-state index in [0.717, 1.165) is 72.7 Å². The smallest absolute Gasteiger partial charge is 0.225 e. The summed E-state index contributed by atoms with van der Waals surface area (Å²) in [4.78, 5) is 29.0. The third kappa shape index (κ3) is 8.16. The number of hydrogen-bond acceptors (Lipinski definition) is 9. The summed E-state index contributed by atoms with van der Waals surface area (Å²) in [7, 11) is 0. The van der Waals surface area contributed by atoms with Crippen molar-refractivity contribution in [2.45, 2.75) is 38.1 Å². The number of aromatic nitrogens is 5. The third-order valence-electron chi connectivity index (χ3n) is 8.73. The van der Waals surface area contributed by atoms with Crippen LogP contribution in [0.5, 0.6) is 0 Å². The minimum Gasteiger partial charge on any atom is -0.383 e. The van der Waals surface area contributed by atoms with Gasteiger partial charge >= 0.3 is 0 Å². The molecule has 1 unspecified atom stereocenters. The number of nitrogens with two attached hydrogens (primary N) is 1. The number of nitrogens with one attached hydrogen (secondary N) is 3. The Morgan fingerprint density at radius 3 is 2.47 bits per heavy atom. The van der Waals surface area contributed by atoms with Gasteiger partial charge in [-0.3, -0.25) is 4.79 Å². The molecule has 2 aliphatic rings. The van der Waals surface area contributed by atoms with Gasteiger partial charge in [0.15, 0.2) is 5.82 Å². The van der Waals surface area contributed by atoms with E-state index in [1.54, 1.807) is 0 Å². The minimum absolute atomic E-state index is 0.0243. The van der Waals surface area contributed by atoms with Crippen LogP contribution in [0, 0.1) is 11.8 Å². The van der Waals surface area contributed by atoms with Crippen LogP contribution in [0.3, 0.4) is 0 Å². The number of amides is 1. The molecule has 1 saturated carbocycles. The van der Waals surface area contributed by atoms with Crippen LogP contribution < -0.4 is 21.3 Å². The van der Waals surface area contributed by atoms with Gasteiger partial charge in [0.25, 0.3) is 0 Å². The second-order valence-corrected chi connectivity index (χ2v) is 12.2. The molecule has 4 aromatic rings. The van der Waals surface area contributed by atoms with E-state index >= 15 is 0 Å².